The van der Waals surface area contributed by atoms with Crippen LogP contribution in [-0.4, -0.2) is 65.9 Å². The van der Waals surface area contributed by atoms with E-state index in [1.165, 1.54) is 42.2 Å². The van der Waals surface area contributed by atoms with Gasteiger partial charge in [0.15, 0.2) is 0 Å². The smallest absolute Gasteiger partial charge is 0.207 e. The maximum absolute atomic E-state index is 10.3. The third-order valence-corrected chi connectivity index (χ3v) is 7.77. The molecule has 1 aliphatic heterocycles. The van der Waals surface area contributed by atoms with Crippen molar-refractivity contribution in [3.63, 3.8) is 0 Å². The van der Waals surface area contributed by atoms with E-state index >= 15 is 0 Å². The lowest BCUT2D eigenvalue weighted by atomic mass is 9.93. The third kappa shape index (κ3) is 12.6. The Morgan fingerprint density at radius 1 is 1.34 bits per heavy atom. The van der Waals surface area contributed by atoms with E-state index in [0.717, 1.165) is 24.5 Å². The Balaban J connectivity index is 0.000000353. The van der Waals surface area contributed by atoms with E-state index in [-0.39, 0.29) is 0 Å². The van der Waals surface area contributed by atoms with Gasteiger partial charge in [-0.25, -0.2) is 4.31 Å². The molecule has 35 heavy (non-hydrogen) atoms. The molecule has 1 fully saturated rings. The molecule has 1 saturated heterocycles. The number of nitrogens with zero attached hydrogens (tertiary/aromatic N) is 3. The number of carbonyl (C=O) groups is 1. The molecule has 0 bridgehead atoms. The van der Waals surface area contributed by atoms with Crippen LogP contribution in [0, 0.1) is 19.8 Å². The quantitative estimate of drug-likeness (QED) is 0.160. The van der Waals surface area contributed by atoms with Crippen molar-refractivity contribution in [1.82, 2.24) is 19.5 Å². The van der Waals surface area contributed by atoms with E-state index in [2.05, 4.69) is 65.1 Å². The van der Waals surface area contributed by atoms with Crippen molar-refractivity contribution in [1.29, 1.82) is 0 Å². The molecule has 0 saturated carbocycles. The SMILES string of the molecule is C=N/C=C\C=C(/CCC(C)(O)CCNC)CNC=O.Cc1cc(SN2CCC(C)CC2)c(C)n1C. The highest BCUT2D eigenvalue weighted by Gasteiger charge is 2.20. The Morgan fingerprint density at radius 3 is 2.57 bits per heavy atom. The number of amides is 1. The molecule has 7 nitrogen and oxygen atoms in total. The van der Waals surface area contributed by atoms with Crippen LogP contribution in [0.1, 0.15) is 57.3 Å². The average Bonchev–Trinajstić information content (AvgIpc) is 3.07. The Morgan fingerprint density at radius 2 is 2.03 bits per heavy atom. The zero-order valence-electron chi connectivity index (χ0n) is 22.6. The molecule has 0 spiro atoms. The number of aliphatic hydroxyl groups is 1. The van der Waals surface area contributed by atoms with Gasteiger partial charge >= 0.3 is 0 Å². The first-order valence-corrected chi connectivity index (χ1v) is 13.3. The lowest BCUT2D eigenvalue weighted by molar-refractivity contribution is -0.109. The highest BCUT2D eigenvalue weighted by Crippen LogP contribution is 2.31. The lowest BCUT2D eigenvalue weighted by Gasteiger charge is -2.28. The summed E-state index contributed by atoms with van der Waals surface area (Å²) in [7, 11) is 4.01. The summed E-state index contributed by atoms with van der Waals surface area (Å²) < 4.78 is 4.79. The largest absolute Gasteiger partial charge is 0.390 e. The molecule has 1 aromatic heterocycles. The van der Waals surface area contributed by atoms with Gasteiger partial charge in [-0.2, -0.15) is 0 Å². The summed E-state index contributed by atoms with van der Waals surface area (Å²) in [5.74, 6) is 0.912. The number of allylic oxidation sites excluding steroid dienone is 2. The second-order valence-electron chi connectivity index (χ2n) is 9.70. The van der Waals surface area contributed by atoms with Gasteiger partial charge in [0.2, 0.25) is 6.41 Å². The number of rotatable bonds is 13. The van der Waals surface area contributed by atoms with E-state index in [0.29, 0.717) is 25.8 Å². The minimum atomic E-state index is -0.705. The van der Waals surface area contributed by atoms with Gasteiger partial charge in [-0.1, -0.05) is 18.6 Å². The van der Waals surface area contributed by atoms with Gasteiger partial charge in [-0.15, -0.1) is 0 Å². The zero-order valence-corrected chi connectivity index (χ0v) is 23.5. The van der Waals surface area contributed by atoms with Crippen molar-refractivity contribution in [2.75, 3.05) is 33.2 Å². The van der Waals surface area contributed by atoms with E-state index in [9.17, 15) is 9.90 Å². The van der Waals surface area contributed by atoms with E-state index < -0.39 is 5.60 Å². The molecular formula is C27H47N5O2S. The molecule has 3 N–H and O–H groups in total. The summed E-state index contributed by atoms with van der Waals surface area (Å²) in [6.45, 7) is 15.7. The Hall–Kier alpha value is -1.87. The summed E-state index contributed by atoms with van der Waals surface area (Å²) in [5.41, 5.74) is 3.08. The van der Waals surface area contributed by atoms with Gasteiger partial charge in [0, 0.05) is 49.2 Å². The van der Waals surface area contributed by atoms with Crippen LogP contribution in [0.2, 0.25) is 0 Å². The fourth-order valence-electron chi connectivity index (χ4n) is 3.72. The van der Waals surface area contributed by atoms with Crippen molar-refractivity contribution in [3.8, 4) is 0 Å². The van der Waals surface area contributed by atoms with Crippen molar-refractivity contribution in [2.45, 2.75) is 70.3 Å². The molecule has 0 radical (unpaired) electrons. The highest BCUT2D eigenvalue weighted by molar-refractivity contribution is 7.97. The first kappa shape index (κ1) is 31.2. The monoisotopic (exact) mass is 505 g/mol. The van der Waals surface area contributed by atoms with Crippen molar-refractivity contribution in [3.05, 3.63) is 41.4 Å². The fourth-order valence-corrected chi connectivity index (χ4v) is 4.88. The van der Waals surface area contributed by atoms with E-state index in [1.54, 1.807) is 12.3 Å². The molecule has 1 aromatic rings. The number of hydrogen-bond donors (Lipinski definition) is 3. The standard InChI is InChI=1S/C14H25N3O2.C13H22N2S/c1-14(19,8-10-16-3)7-6-13(11-17-12-18)5-4-9-15-2;1-10-5-7-15(8-6-10)16-13-9-11(2)14(4)12(13)3/h4-5,9,12,16,19H,2,6-8,10-11H2,1,3H3,(H,17,18);9-10H,5-8H2,1-4H3/b9-4-,13-5+;. The molecule has 198 valence electrons. The number of aromatic nitrogens is 1. The van der Waals surface area contributed by atoms with Gasteiger partial charge < -0.3 is 20.3 Å². The normalized spacial score (nSPS) is 17.1. The maximum Gasteiger partial charge on any atom is 0.207 e. The third-order valence-electron chi connectivity index (χ3n) is 6.53. The predicted octanol–water partition coefficient (Wildman–Crippen LogP) is 4.39. The molecule has 1 aliphatic rings. The van der Waals surface area contributed by atoms with Crippen LogP contribution in [0.15, 0.2) is 39.9 Å². The molecule has 1 amide bonds. The molecule has 1 atom stereocenters. The van der Waals surface area contributed by atoms with Crippen LogP contribution in [0.5, 0.6) is 0 Å². The summed E-state index contributed by atoms with van der Waals surface area (Å²) in [6, 6.07) is 2.30. The summed E-state index contributed by atoms with van der Waals surface area (Å²) in [4.78, 5) is 15.4. The van der Waals surface area contributed by atoms with Gasteiger partial charge in [-0.05, 0) is 103 Å². The van der Waals surface area contributed by atoms with Gasteiger partial charge in [0.05, 0.1) is 5.60 Å². The van der Waals surface area contributed by atoms with E-state index in [4.69, 9.17) is 0 Å². The molecule has 0 aliphatic carbocycles. The van der Waals surface area contributed by atoms with Gasteiger partial charge in [-0.3, -0.25) is 9.79 Å². The maximum atomic E-state index is 10.3. The number of hydrogen-bond acceptors (Lipinski definition) is 6. The fraction of sp³-hybridized carbons (Fsp3) is 0.630. The van der Waals surface area contributed by atoms with Crippen LogP contribution in [0.3, 0.4) is 0 Å². The number of piperidine rings is 1. The van der Waals surface area contributed by atoms with Crippen LogP contribution in [0.25, 0.3) is 0 Å². The van der Waals surface area contributed by atoms with Crippen LogP contribution >= 0.6 is 11.9 Å². The molecule has 0 aromatic carbocycles. The lowest BCUT2D eigenvalue weighted by Crippen LogP contribution is -2.29. The first-order valence-electron chi connectivity index (χ1n) is 12.5. The molecule has 2 heterocycles. The summed E-state index contributed by atoms with van der Waals surface area (Å²) >= 11 is 1.94. The Labute approximate surface area is 217 Å². The van der Waals surface area contributed by atoms with Crippen LogP contribution in [-0.2, 0) is 11.8 Å². The molecule has 8 heteroatoms. The highest BCUT2D eigenvalue weighted by atomic mass is 32.2. The van der Waals surface area contributed by atoms with Crippen molar-refractivity contribution >= 4 is 25.1 Å². The van der Waals surface area contributed by atoms with Crippen LogP contribution in [0.4, 0.5) is 0 Å². The Kier molecular flexibility index (Phi) is 14.9. The Bertz CT molecular complexity index is 824. The number of aryl methyl sites for hydroxylation is 1. The van der Waals surface area contributed by atoms with Crippen LogP contribution < -0.4 is 10.6 Å². The van der Waals surface area contributed by atoms with Crippen molar-refractivity contribution in [2.24, 2.45) is 18.0 Å². The van der Waals surface area contributed by atoms with Gasteiger partial charge in [0.25, 0.3) is 0 Å². The van der Waals surface area contributed by atoms with Crippen molar-refractivity contribution < 1.29 is 9.90 Å². The number of nitrogens with one attached hydrogen (secondary N) is 2. The zero-order chi connectivity index (χ0) is 26.3. The molecule has 1 unspecified atom stereocenters. The topological polar surface area (TPSA) is 81.9 Å². The second kappa shape index (κ2) is 16.7. The van der Waals surface area contributed by atoms with E-state index in [1.807, 2.05) is 32.0 Å². The van der Waals surface area contributed by atoms with Gasteiger partial charge in [0.1, 0.15) is 0 Å². The molecule has 2 rings (SSSR count). The number of aliphatic imine (C=N–C) groups is 1. The first-order chi connectivity index (χ1) is 16.6. The number of carbonyl (C=O) groups excluding carboxylic acids is 1. The second-order valence-corrected chi connectivity index (χ2v) is 10.8. The predicted molar refractivity (Wildman–Crippen MR) is 150 cm³/mol. The molecular weight excluding hydrogens is 458 g/mol. The minimum absolute atomic E-state index is 0.479. The summed E-state index contributed by atoms with van der Waals surface area (Å²) in [6.07, 6.45) is 10.7. The minimum Gasteiger partial charge on any atom is -0.390 e. The average molecular weight is 506 g/mol. The summed E-state index contributed by atoms with van der Waals surface area (Å²) in [5, 5.41) is 15.8.